The number of hydrogen-bond acceptors (Lipinski definition) is 4. The summed E-state index contributed by atoms with van der Waals surface area (Å²) in [6, 6.07) is 10.6. The first-order chi connectivity index (χ1) is 13.4. The monoisotopic (exact) mass is 402 g/mol. The Hall–Kier alpha value is -3.13. The zero-order valence-electron chi connectivity index (χ0n) is 14.8. The second kappa shape index (κ2) is 8.26. The number of ether oxygens (including phenoxy) is 1. The van der Waals surface area contributed by atoms with Crippen LogP contribution < -0.4 is 10.6 Å². The van der Waals surface area contributed by atoms with Gasteiger partial charge in [0.2, 0.25) is 0 Å². The van der Waals surface area contributed by atoms with Crippen molar-refractivity contribution in [2.24, 2.45) is 0 Å². The minimum atomic E-state index is -1.30. The molecule has 0 saturated carbocycles. The first kappa shape index (κ1) is 19.6. The molecule has 3 rings (SSSR count). The fourth-order valence-electron chi connectivity index (χ4n) is 2.95. The first-order valence-corrected chi connectivity index (χ1v) is 8.87. The van der Waals surface area contributed by atoms with Gasteiger partial charge >= 0.3 is 5.97 Å². The number of carbonyl (C=O) groups is 2. The van der Waals surface area contributed by atoms with Crippen molar-refractivity contribution in [3.05, 3.63) is 76.9 Å². The van der Waals surface area contributed by atoms with E-state index in [1.807, 2.05) is 0 Å². The number of hydrogen-bond donors (Lipinski definition) is 2. The van der Waals surface area contributed by atoms with Crippen LogP contribution in [0.5, 0.6) is 0 Å². The van der Waals surface area contributed by atoms with Gasteiger partial charge in [-0.15, -0.1) is 0 Å². The Kier molecular flexibility index (Phi) is 5.79. The summed E-state index contributed by atoms with van der Waals surface area (Å²) in [6.07, 6.45) is 0. The largest absolute Gasteiger partial charge is 0.460 e. The Morgan fingerprint density at radius 3 is 2.32 bits per heavy atom. The number of ketones is 1. The van der Waals surface area contributed by atoms with Crippen molar-refractivity contribution < 1.29 is 23.1 Å². The summed E-state index contributed by atoms with van der Waals surface area (Å²) in [5, 5.41) is 5.58. The molecular formula is C20H16F2N2O3S. The topological polar surface area (TPSA) is 67.4 Å². The van der Waals surface area contributed by atoms with Gasteiger partial charge in [0.1, 0.15) is 11.6 Å². The molecule has 2 N–H and O–H groups in total. The Morgan fingerprint density at radius 2 is 1.71 bits per heavy atom. The van der Waals surface area contributed by atoms with Gasteiger partial charge in [0, 0.05) is 0 Å². The van der Waals surface area contributed by atoms with E-state index in [0.29, 0.717) is 5.56 Å². The van der Waals surface area contributed by atoms with Crippen LogP contribution in [0.25, 0.3) is 5.70 Å². The Balaban J connectivity index is 2.26. The lowest BCUT2D eigenvalue weighted by Crippen LogP contribution is -2.46. The molecule has 0 amide bonds. The highest BCUT2D eigenvalue weighted by Gasteiger charge is 2.38. The zero-order valence-corrected chi connectivity index (χ0v) is 15.6. The summed E-state index contributed by atoms with van der Waals surface area (Å²) in [7, 11) is 0. The third kappa shape index (κ3) is 3.77. The van der Waals surface area contributed by atoms with Crippen LogP contribution in [-0.4, -0.2) is 23.5 Å². The van der Waals surface area contributed by atoms with Crippen molar-refractivity contribution in [3.8, 4) is 0 Å². The molecule has 1 atom stereocenters. The van der Waals surface area contributed by atoms with Crippen LogP contribution >= 0.6 is 12.2 Å². The van der Waals surface area contributed by atoms with Crippen LogP contribution in [0.4, 0.5) is 8.78 Å². The maximum Gasteiger partial charge on any atom is 0.379 e. The fraction of sp³-hybridized carbons (Fsp3) is 0.150. The lowest BCUT2D eigenvalue weighted by atomic mass is 9.89. The highest BCUT2D eigenvalue weighted by atomic mass is 32.1. The minimum absolute atomic E-state index is 0.0173. The molecule has 1 aliphatic rings. The molecule has 0 spiro atoms. The van der Waals surface area contributed by atoms with Crippen LogP contribution in [0.1, 0.15) is 24.1 Å². The molecule has 0 aromatic heterocycles. The lowest BCUT2D eigenvalue weighted by Gasteiger charge is -2.31. The molecule has 1 aliphatic heterocycles. The maximum atomic E-state index is 14.5. The predicted octanol–water partition coefficient (Wildman–Crippen LogP) is 3.03. The smallest absolute Gasteiger partial charge is 0.379 e. The summed E-state index contributed by atoms with van der Waals surface area (Å²) < 4.78 is 33.8. The standard InChI is InChI=1S/C20H16F2N2O3S/c1-2-27-19(26)18(25)15-16(11-7-4-3-5-8-11)23-20(28)24-17(15)14-12(21)9-6-10-13(14)22/h3-10,17H,2H2,1H3,(H2,23,24,28)/t17-/m1/s1. The van der Waals surface area contributed by atoms with E-state index in [0.717, 1.165) is 12.1 Å². The minimum Gasteiger partial charge on any atom is -0.460 e. The highest BCUT2D eigenvalue weighted by Crippen LogP contribution is 2.34. The molecule has 0 radical (unpaired) electrons. The normalized spacial score (nSPS) is 16.2. The number of benzene rings is 2. The van der Waals surface area contributed by atoms with Crippen molar-refractivity contribution in [1.29, 1.82) is 0 Å². The van der Waals surface area contributed by atoms with Gasteiger partial charge in [-0.25, -0.2) is 13.6 Å². The summed E-state index contributed by atoms with van der Waals surface area (Å²) in [6.45, 7) is 1.54. The van der Waals surface area contributed by atoms with Crippen molar-refractivity contribution in [2.75, 3.05) is 6.61 Å². The number of Topliss-reactive ketones (excluding diaryl/α,β-unsaturated/α-hetero) is 1. The van der Waals surface area contributed by atoms with Gasteiger partial charge in [0.05, 0.1) is 29.5 Å². The number of carbonyl (C=O) groups excluding carboxylic acids is 2. The van der Waals surface area contributed by atoms with Crippen LogP contribution in [-0.2, 0) is 14.3 Å². The molecule has 144 valence electrons. The average Bonchev–Trinajstić information content (AvgIpc) is 2.68. The predicted molar refractivity (Wildman–Crippen MR) is 103 cm³/mol. The summed E-state index contributed by atoms with van der Waals surface area (Å²) in [5.41, 5.74) is 0.130. The van der Waals surface area contributed by atoms with Crippen LogP contribution in [0, 0.1) is 11.6 Å². The van der Waals surface area contributed by atoms with Crippen molar-refractivity contribution in [1.82, 2.24) is 10.6 Å². The number of esters is 1. The third-order valence-corrected chi connectivity index (χ3v) is 4.35. The molecule has 0 unspecified atom stereocenters. The molecule has 0 bridgehead atoms. The van der Waals surface area contributed by atoms with Gasteiger partial charge in [-0.2, -0.15) is 0 Å². The molecule has 1 heterocycles. The molecule has 0 saturated heterocycles. The molecule has 28 heavy (non-hydrogen) atoms. The van der Waals surface area contributed by atoms with E-state index in [1.54, 1.807) is 37.3 Å². The molecule has 0 aliphatic carbocycles. The molecule has 5 nitrogen and oxygen atoms in total. The number of thiocarbonyl (C=S) groups is 1. The molecule has 2 aromatic carbocycles. The number of halogens is 2. The van der Waals surface area contributed by atoms with Gasteiger partial charge in [0.15, 0.2) is 5.11 Å². The summed E-state index contributed by atoms with van der Waals surface area (Å²) in [5.74, 6) is -3.88. The Labute approximate surface area is 165 Å². The summed E-state index contributed by atoms with van der Waals surface area (Å²) in [4.78, 5) is 25.0. The van der Waals surface area contributed by atoms with Crippen molar-refractivity contribution in [2.45, 2.75) is 13.0 Å². The number of rotatable bonds is 5. The Morgan fingerprint density at radius 1 is 1.07 bits per heavy atom. The van der Waals surface area contributed by atoms with E-state index in [9.17, 15) is 18.4 Å². The number of nitrogens with one attached hydrogen (secondary N) is 2. The van der Waals surface area contributed by atoms with E-state index in [-0.39, 0.29) is 23.0 Å². The molecule has 8 heteroatoms. The SMILES string of the molecule is CCOC(=O)C(=O)C1=C(c2ccccc2)NC(=S)N[C@@H]1c1c(F)cccc1F. The van der Waals surface area contributed by atoms with Crippen molar-refractivity contribution in [3.63, 3.8) is 0 Å². The molecule has 0 fully saturated rings. The van der Waals surface area contributed by atoms with E-state index in [2.05, 4.69) is 10.6 Å². The maximum absolute atomic E-state index is 14.5. The molecule has 2 aromatic rings. The van der Waals surface area contributed by atoms with Crippen molar-refractivity contribution >= 4 is 34.8 Å². The van der Waals surface area contributed by atoms with Gasteiger partial charge in [-0.3, -0.25) is 4.79 Å². The Bertz CT molecular complexity index is 956. The second-order valence-corrected chi connectivity index (χ2v) is 6.28. The highest BCUT2D eigenvalue weighted by molar-refractivity contribution is 7.80. The van der Waals surface area contributed by atoms with Gasteiger partial charge in [-0.1, -0.05) is 36.4 Å². The average molecular weight is 402 g/mol. The molecular weight excluding hydrogens is 386 g/mol. The van der Waals surface area contributed by atoms with Gasteiger partial charge in [0.25, 0.3) is 5.78 Å². The first-order valence-electron chi connectivity index (χ1n) is 8.46. The lowest BCUT2D eigenvalue weighted by molar-refractivity contribution is -0.151. The van der Waals surface area contributed by atoms with E-state index in [1.165, 1.54) is 6.07 Å². The van der Waals surface area contributed by atoms with Gasteiger partial charge < -0.3 is 15.4 Å². The van der Waals surface area contributed by atoms with E-state index >= 15 is 0 Å². The van der Waals surface area contributed by atoms with E-state index < -0.39 is 35.0 Å². The second-order valence-electron chi connectivity index (χ2n) is 5.87. The zero-order chi connectivity index (χ0) is 20.3. The third-order valence-electron chi connectivity index (χ3n) is 4.13. The fourth-order valence-corrected chi connectivity index (χ4v) is 3.17. The summed E-state index contributed by atoms with van der Waals surface area (Å²) >= 11 is 5.17. The van der Waals surface area contributed by atoms with Crippen LogP contribution in [0.3, 0.4) is 0 Å². The van der Waals surface area contributed by atoms with Crippen LogP contribution in [0.15, 0.2) is 54.1 Å². The quantitative estimate of drug-likeness (QED) is 0.455. The van der Waals surface area contributed by atoms with Crippen LogP contribution in [0.2, 0.25) is 0 Å². The van der Waals surface area contributed by atoms with Gasteiger partial charge in [-0.05, 0) is 36.8 Å². The van der Waals surface area contributed by atoms with E-state index in [4.69, 9.17) is 17.0 Å².